The van der Waals surface area contributed by atoms with Gasteiger partial charge in [0.25, 0.3) is 0 Å². The fraction of sp³-hybridized carbons (Fsp3) is 0.250. The Bertz CT molecular complexity index is 669. The Balaban J connectivity index is 2.39. The largest absolute Gasteiger partial charge is 0.450 e. The monoisotopic (exact) mass is 286 g/mol. The smallest absolute Gasteiger partial charge is 0.311 e. The van der Waals surface area contributed by atoms with Crippen molar-refractivity contribution in [3.05, 3.63) is 63.2 Å². The van der Waals surface area contributed by atoms with Crippen LogP contribution >= 0.6 is 0 Å². The summed E-state index contributed by atoms with van der Waals surface area (Å²) in [4.78, 5) is 10.7. The normalized spacial score (nSPS) is 10.4. The van der Waals surface area contributed by atoms with Gasteiger partial charge < -0.3 is 10.1 Å². The molecule has 0 atom stereocenters. The Morgan fingerprint density at radius 2 is 1.90 bits per heavy atom. The van der Waals surface area contributed by atoms with Crippen molar-refractivity contribution in [1.29, 1.82) is 0 Å². The summed E-state index contributed by atoms with van der Waals surface area (Å²) < 4.78 is 5.80. The fourth-order valence-corrected chi connectivity index (χ4v) is 2.04. The van der Waals surface area contributed by atoms with Gasteiger partial charge in [-0.05, 0) is 49.7 Å². The fourth-order valence-electron chi connectivity index (χ4n) is 2.04. The Kier molecular flexibility index (Phi) is 4.55. The summed E-state index contributed by atoms with van der Waals surface area (Å²) in [7, 11) is 1.87. The number of rotatable bonds is 5. The molecule has 1 N–H and O–H groups in total. The van der Waals surface area contributed by atoms with E-state index in [0.717, 1.165) is 16.7 Å². The minimum Gasteiger partial charge on any atom is -0.450 e. The van der Waals surface area contributed by atoms with Crippen molar-refractivity contribution in [3.8, 4) is 11.5 Å². The topological polar surface area (TPSA) is 64.4 Å². The molecule has 0 unspecified atom stereocenters. The first-order valence-electron chi connectivity index (χ1n) is 6.68. The number of hydrogen-bond donors (Lipinski definition) is 1. The maximum atomic E-state index is 11.1. The standard InChI is InChI=1S/C16H18N2O3/c1-11-4-7-14(18(19)20)16(8-11)21-15-9-13(10-17-3)6-5-12(15)2/h4-9,17H,10H2,1-3H3. The first-order valence-corrected chi connectivity index (χ1v) is 6.68. The van der Waals surface area contributed by atoms with E-state index in [1.807, 2.05) is 39.1 Å². The van der Waals surface area contributed by atoms with E-state index in [4.69, 9.17) is 4.74 Å². The summed E-state index contributed by atoms with van der Waals surface area (Å²) in [5, 5.41) is 14.2. The quantitative estimate of drug-likeness (QED) is 0.672. The van der Waals surface area contributed by atoms with Gasteiger partial charge in [0, 0.05) is 12.6 Å². The van der Waals surface area contributed by atoms with E-state index >= 15 is 0 Å². The van der Waals surface area contributed by atoms with E-state index in [1.54, 1.807) is 12.1 Å². The Morgan fingerprint density at radius 3 is 2.57 bits per heavy atom. The van der Waals surface area contributed by atoms with E-state index in [1.165, 1.54) is 6.07 Å². The van der Waals surface area contributed by atoms with E-state index in [0.29, 0.717) is 12.3 Å². The predicted octanol–water partition coefficient (Wildman–Crippen LogP) is 3.72. The molecule has 0 fully saturated rings. The van der Waals surface area contributed by atoms with Gasteiger partial charge in [0.1, 0.15) is 5.75 Å². The second kappa shape index (κ2) is 6.37. The highest BCUT2D eigenvalue weighted by atomic mass is 16.6. The molecule has 5 heteroatoms. The van der Waals surface area contributed by atoms with Crippen LogP contribution in [0.25, 0.3) is 0 Å². The summed E-state index contributed by atoms with van der Waals surface area (Å²) in [5.74, 6) is 0.904. The average Bonchev–Trinajstić information content (AvgIpc) is 2.42. The van der Waals surface area contributed by atoms with Gasteiger partial charge in [-0.3, -0.25) is 10.1 Å². The molecule has 0 heterocycles. The van der Waals surface area contributed by atoms with Gasteiger partial charge in [-0.25, -0.2) is 0 Å². The molecule has 0 amide bonds. The van der Waals surface area contributed by atoms with Crippen LogP contribution in [0.5, 0.6) is 11.5 Å². The SMILES string of the molecule is CNCc1ccc(C)c(Oc2cc(C)ccc2[N+](=O)[O-])c1. The number of aryl methyl sites for hydroxylation is 2. The highest BCUT2D eigenvalue weighted by Gasteiger charge is 2.16. The zero-order valence-electron chi connectivity index (χ0n) is 12.3. The van der Waals surface area contributed by atoms with Crippen molar-refractivity contribution in [2.45, 2.75) is 20.4 Å². The molecule has 2 aromatic rings. The molecule has 110 valence electrons. The average molecular weight is 286 g/mol. The van der Waals surface area contributed by atoms with Crippen molar-refractivity contribution in [3.63, 3.8) is 0 Å². The van der Waals surface area contributed by atoms with Crippen LogP contribution in [0.1, 0.15) is 16.7 Å². The third-order valence-electron chi connectivity index (χ3n) is 3.17. The molecule has 0 bridgehead atoms. The van der Waals surface area contributed by atoms with Crippen molar-refractivity contribution < 1.29 is 9.66 Å². The summed E-state index contributed by atoms with van der Waals surface area (Å²) in [6.45, 7) is 4.51. The Labute approximate surface area is 123 Å². The highest BCUT2D eigenvalue weighted by Crippen LogP contribution is 2.33. The maximum absolute atomic E-state index is 11.1. The van der Waals surface area contributed by atoms with Gasteiger partial charge in [0.2, 0.25) is 5.75 Å². The Morgan fingerprint density at radius 1 is 1.14 bits per heavy atom. The molecule has 0 aromatic heterocycles. The van der Waals surface area contributed by atoms with Crippen LogP contribution in [-0.2, 0) is 6.54 Å². The third kappa shape index (κ3) is 3.58. The van der Waals surface area contributed by atoms with Crippen molar-refractivity contribution in [2.75, 3.05) is 7.05 Å². The van der Waals surface area contributed by atoms with Gasteiger partial charge in [-0.2, -0.15) is 0 Å². The number of nitrogens with one attached hydrogen (secondary N) is 1. The predicted molar refractivity (Wildman–Crippen MR) is 81.9 cm³/mol. The summed E-state index contributed by atoms with van der Waals surface area (Å²) in [5.41, 5.74) is 2.89. The molecular formula is C16H18N2O3. The van der Waals surface area contributed by atoms with E-state index in [2.05, 4.69) is 5.32 Å². The molecular weight excluding hydrogens is 268 g/mol. The molecule has 21 heavy (non-hydrogen) atoms. The van der Waals surface area contributed by atoms with Crippen LogP contribution in [0, 0.1) is 24.0 Å². The first-order chi connectivity index (χ1) is 10.0. The molecule has 0 aliphatic carbocycles. The van der Waals surface area contributed by atoms with Crippen LogP contribution < -0.4 is 10.1 Å². The third-order valence-corrected chi connectivity index (χ3v) is 3.17. The van der Waals surface area contributed by atoms with Gasteiger partial charge >= 0.3 is 5.69 Å². The highest BCUT2D eigenvalue weighted by molar-refractivity contribution is 5.51. The van der Waals surface area contributed by atoms with Crippen LogP contribution in [0.4, 0.5) is 5.69 Å². The van der Waals surface area contributed by atoms with Crippen LogP contribution in [0.2, 0.25) is 0 Å². The van der Waals surface area contributed by atoms with Crippen molar-refractivity contribution in [1.82, 2.24) is 5.32 Å². The number of ether oxygens (including phenoxy) is 1. The number of hydrogen-bond acceptors (Lipinski definition) is 4. The lowest BCUT2D eigenvalue weighted by atomic mass is 10.1. The minimum atomic E-state index is -0.429. The minimum absolute atomic E-state index is 0.0287. The van der Waals surface area contributed by atoms with E-state index in [9.17, 15) is 10.1 Å². The maximum Gasteiger partial charge on any atom is 0.311 e. The van der Waals surface area contributed by atoms with Gasteiger partial charge in [0.15, 0.2) is 0 Å². The van der Waals surface area contributed by atoms with Gasteiger partial charge in [-0.15, -0.1) is 0 Å². The number of nitro benzene ring substituents is 1. The van der Waals surface area contributed by atoms with Gasteiger partial charge in [-0.1, -0.05) is 18.2 Å². The molecule has 5 nitrogen and oxygen atoms in total. The molecule has 0 saturated carbocycles. The van der Waals surface area contributed by atoms with Crippen LogP contribution in [0.15, 0.2) is 36.4 Å². The number of benzene rings is 2. The van der Waals surface area contributed by atoms with Gasteiger partial charge in [0.05, 0.1) is 4.92 Å². The summed E-state index contributed by atoms with van der Waals surface area (Å²) in [6, 6.07) is 10.7. The lowest BCUT2D eigenvalue weighted by molar-refractivity contribution is -0.385. The summed E-state index contributed by atoms with van der Waals surface area (Å²) in [6.07, 6.45) is 0. The van der Waals surface area contributed by atoms with Crippen LogP contribution in [0.3, 0.4) is 0 Å². The second-order valence-corrected chi connectivity index (χ2v) is 4.96. The lowest BCUT2D eigenvalue weighted by Gasteiger charge is -2.11. The zero-order valence-corrected chi connectivity index (χ0v) is 12.3. The second-order valence-electron chi connectivity index (χ2n) is 4.96. The molecule has 0 saturated heterocycles. The van der Waals surface area contributed by atoms with Crippen molar-refractivity contribution in [2.24, 2.45) is 0 Å². The molecule has 2 rings (SSSR count). The van der Waals surface area contributed by atoms with E-state index < -0.39 is 4.92 Å². The Hall–Kier alpha value is -2.40. The number of nitrogens with zero attached hydrogens (tertiary/aromatic N) is 1. The van der Waals surface area contributed by atoms with Crippen molar-refractivity contribution >= 4 is 5.69 Å². The van der Waals surface area contributed by atoms with Crippen LogP contribution in [-0.4, -0.2) is 12.0 Å². The molecule has 0 aliphatic rings. The molecule has 0 spiro atoms. The molecule has 0 aliphatic heterocycles. The number of nitro groups is 1. The first kappa shape index (κ1) is 15.0. The summed E-state index contributed by atoms with van der Waals surface area (Å²) >= 11 is 0. The molecule has 0 radical (unpaired) electrons. The molecule has 2 aromatic carbocycles. The lowest BCUT2D eigenvalue weighted by Crippen LogP contribution is -2.05. The zero-order chi connectivity index (χ0) is 15.4. The van der Waals surface area contributed by atoms with E-state index in [-0.39, 0.29) is 11.4 Å².